The summed E-state index contributed by atoms with van der Waals surface area (Å²) in [6, 6.07) is 11.2. The third-order valence-corrected chi connectivity index (χ3v) is 4.74. The van der Waals surface area contributed by atoms with Gasteiger partial charge in [0, 0.05) is 15.8 Å². The molecule has 0 saturated carbocycles. The van der Waals surface area contributed by atoms with Crippen molar-refractivity contribution in [3.63, 3.8) is 0 Å². The Morgan fingerprint density at radius 2 is 2.22 bits per heavy atom. The highest BCUT2D eigenvalue weighted by atomic mass is 79.9. The number of hydrogen-bond donors (Lipinski definition) is 1. The standard InChI is InChI=1S/C14H12BrNOS/c1-14(17,8-13-12(15)5-6-18-13)11-4-2-3-10(7-11)9-16/h2-7,17H,8H2,1H3. The van der Waals surface area contributed by atoms with E-state index in [0.717, 1.165) is 14.9 Å². The molecule has 4 heteroatoms. The zero-order chi connectivity index (χ0) is 13.2. The van der Waals surface area contributed by atoms with E-state index < -0.39 is 5.60 Å². The van der Waals surface area contributed by atoms with Crippen LogP contribution in [-0.2, 0) is 12.0 Å². The van der Waals surface area contributed by atoms with E-state index in [4.69, 9.17) is 5.26 Å². The summed E-state index contributed by atoms with van der Waals surface area (Å²) in [4.78, 5) is 1.10. The van der Waals surface area contributed by atoms with Crippen molar-refractivity contribution < 1.29 is 5.11 Å². The lowest BCUT2D eigenvalue weighted by atomic mass is 9.91. The Bertz CT molecular complexity index is 598. The minimum atomic E-state index is -0.972. The Labute approximate surface area is 119 Å². The molecule has 2 aromatic rings. The minimum Gasteiger partial charge on any atom is -0.385 e. The fraction of sp³-hybridized carbons (Fsp3) is 0.214. The van der Waals surface area contributed by atoms with Gasteiger partial charge in [0.15, 0.2) is 0 Å². The van der Waals surface area contributed by atoms with Gasteiger partial charge < -0.3 is 5.11 Å². The molecule has 1 atom stereocenters. The van der Waals surface area contributed by atoms with Gasteiger partial charge in [-0.2, -0.15) is 5.26 Å². The average Bonchev–Trinajstić information content (AvgIpc) is 2.74. The van der Waals surface area contributed by atoms with Crippen LogP contribution in [0.25, 0.3) is 0 Å². The molecule has 0 saturated heterocycles. The Balaban J connectivity index is 2.30. The summed E-state index contributed by atoms with van der Waals surface area (Å²) in [7, 11) is 0. The maximum Gasteiger partial charge on any atom is 0.0991 e. The van der Waals surface area contributed by atoms with Crippen LogP contribution in [0.3, 0.4) is 0 Å². The predicted molar refractivity (Wildman–Crippen MR) is 76.5 cm³/mol. The van der Waals surface area contributed by atoms with Crippen LogP contribution in [0, 0.1) is 11.3 Å². The first-order chi connectivity index (χ1) is 8.53. The fourth-order valence-corrected chi connectivity index (χ4v) is 3.43. The van der Waals surface area contributed by atoms with E-state index >= 15 is 0 Å². The van der Waals surface area contributed by atoms with Crippen LogP contribution in [0.1, 0.15) is 22.9 Å². The molecule has 0 aliphatic carbocycles. The molecule has 2 rings (SSSR count). The largest absolute Gasteiger partial charge is 0.385 e. The van der Waals surface area contributed by atoms with Crippen molar-refractivity contribution in [2.24, 2.45) is 0 Å². The second-order valence-electron chi connectivity index (χ2n) is 4.33. The second kappa shape index (κ2) is 5.23. The van der Waals surface area contributed by atoms with E-state index in [9.17, 15) is 5.11 Å². The maximum atomic E-state index is 10.6. The number of hydrogen-bond acceptors (Lipinski definition) is 3. The van der Waals surface area contributed by atoms with Gasteiger partial charge in [-0.05, 0) is 52.0 Å². The van der Waals surface area contributed by atoms with Gasteiger partial charge >= 0.3 is 0 Å². The third-order valence-electron chi connectivity index (χ3n) is 2.81. The lowest BCUT2D eigenvalue weighted by Crippen LogP contribution is -2.24. The number of rotatable bonds is 3. The Kier molecular flexibility index (Phi) is 3.86. The van der Waals surface area contributed by atoms with Gasteiger partial charge in [-0.1, -0.05) is 12.1 Å². The first kappa shape index (κ1) is 13.3. The van der Waals surface area contributed by atoms with E-state index in [1.165, 1.54) is 0 Å². The van der Waals surface area contributed by atoms with E-state index in [-0.39, 0.29) is 0 Å². The highest BCUT2D eigenvalue weighted by Gasteiger charge is 2.25. The Morgan fingerprint density at radius 3 is 2.83 bits per heavy atom. The van der Waals surface area contributed by atoms with Crippen LogP contribution in [-0.4, -0.2) is 5.11 Å². The third kappa shape index (κ3) is 2.81. The van der Waals surface area contributed by atoms with Gasteiger partial charge in [-0.3, -0.25) is 0 Å². The fourth-order valence-electron chi connectivity index (χ4n) is 1.79. The molecule has 1 aromatic carbocycles. The molecular formula is C14H12BrNOS. The summed E-state index contributed by atoms with van der Waals surface area (Å²) in [5.41, 5.74) is 0.361. The van der Waals surface area contributed by atoms with Crippen molar-refractivity contribution in [2.45, 2.75) is 18.9 Å². The molecule has 0 amide bonds. The van der Waals surface area contributed by atoms with Crippen molar-refractivity contribution in [2.75, 3.05) is 0 Å². The lowest BCUT2D eigenvalue weighted by molar-refractivity contribution is 0.0583. The van der Waals surface area contributed by atoms with Gasteiger partial charge in [0.25, 0.3) is 0 Å². The van der Waals surface area contributed by atoms with Gasteiger partial charge in [0.2, 0.25) is 0 Å². The van der Waals surface area contributed by atoms with Crippen molar-refractivity contribution in [3.05, 3.63) is 56.2 Å². The zero-order valence-corrected chi connectivity index (χ0v) is 12.3. The molecule has 0 spiro atoms. The lowest BCUT2D eigenvalue weighted by Gasteiger charge is -2.23. The molecule has 1 heterocycles. The van der Waals surface area contributed by atoms with Crippen molar-refractivity contribution in [1.82, 2.24) is 0 Å². The average molecular weight is 322 g/mol. The summed E-state index contributed by atoms with van der Waals surface area (Å²) >= 11 is 5.08. The number of halogens is 1. The van der Waals surface area contributed by atoms with Crippen LogP contribution in [0.4, 0.5) is 0 Å². The van der Waals surface area contributed by atoms with Gasteiger partial charge in [0.1, 0.15) is 0 Å². The van der Waals surface area contributed by atoms with Crippen molar-refractivity contribution in [1.29, 1.82) is 5.26 Å². The van der Waals surface area contributed by atoms with E-state index in [1.54, 1.807) is 36.5 Å². The molecule has 0 radical (unpaired) electrons. The SMILES string of the molecule is CC(O)(Cc1sccc1Br)c1cccc(C#N)c1. The Morgan fingerprint density at radius 1 is 1.44 bits per heavy atom. The van der Waals surface area contributed by atoms with Crippen LogP contribution >= 0.6 is 27.3 Å². The summed E-state index contributed by atoms with van der Waals surface area (Å²) in [6.45, 7) is 1.77. The number of benzene rings is 1. The molecule has 18 heavy (non-hydrogen) atoms. The van der Waals surface area contributed by atoms with Crippen molar-refractivity contribution >= 4 is 27.3 Å². The molecule has 1 unspecified atom stereocenters. The molecule has 2 nitrogen and oxygen atoms in total. The van der Waals surface area contributed by atoms with E-state index in [2.05, 4.69) is 22.0 Å². The van der Waals surface area contributed by atoms with Gasteiger partial charge in [0.05, 0.1) is 17.2 Å². The second-order valence-corrected chi connectivity index (χ2v) is 6.19. The van der Waals surface area contributed by atoms with Crippen molar-refractivity contribution in [3.8, 4) is 6.07 Å². The molecule has 0 bridgehead atoms. The molecular weight excluding hydrogens is 310 g/mol. The highest BCUT2D eigenvalue weighted by molar-refractivity contribution is 9.10. The molecule has 92 valence electrons. The molecule has 0 aliphatic heterocycles. The summed E-state index contributed by atoms with van der Waals surface area (Å²) in [5, 5.41) is 21.5. The number of nitriles is 1. The highest BCUT2D eigenvalue weighted by Crippen LogP contribution is 2.32. The van der Waals surface area contributed by atoms with Crippen LogP contribution in [0.15, 0.2) is 40.2 Å². The van der Waals surface area contributed by atoms with Gasteiger partial charge in [-0.15, -0.1) is 11.3 Å². The topological polar surface area (TPSA) is 44.0 Å². The van der Waals surface area contributed by atoms with E-state index in [1.807, 2.05) is 17.5 Å². The maximum absolute atomic E-state index is 10.6. The first-order valence-electron chi connectivity index (χ1n) is 5.48. The first-order valence-corrected chi connectivity index (χ1v) is 7.15. The number of aliphatic hydroxyl groups is 1. The minimum absolute atomic E-state index is 0.528. The van der Waals surface area contributed by atoms with Crippen LogP contribution in [0.2, 0.25) is 0 Å². The van der Waals surface area contributed by atoms with Crippen LogP contribution in [0.5, 0.6) is 0 Å². The van der Waals surface area contributed by atoms with Crippen LogP contribution < -0.4 is 0 Å². The monoisotopic (exact) mass is 321 g/mol. The summed E-state index contributed by atoms with van der Waals surface area (Å²) < 4.78 is 1.02. The molecule has 0 fully saturated rings. The normalized spacial score (nSPS) is 13.9. The van der Waals surface area contributed by atoms with Gasteiger partial charge in [-0.25, -0.2) is 0 Å². The molecule has 0 aliphatic rings. The number of thiophene rings is 1. The smallest absolute Gasteiger partial charge is 0.0991 e. The summed E-state index contributed by atoms with van der Waals surface area (Å²) in [6.07, 6.45) is 0.528. The quantitative estimate of drug-likeness (QED) is 0.933. The van der Waals surface area contributed by atoms with E-state index in [0.29, 0.717) is 12.0 Å². The predicted octanol–water partition coefficient (Wildman–Crippen LogP) is 3.83. The zero-order valence-electron chi connectivity index (χ0n) is 9.85. The molecule has 1 aromatic heterocycles. The summed E-state index contributed by atoms with van der Waals surface area (Å²) in [5.74, 6) is 0. The molecule has 1 N–H and O–H groups in total. The Hall–Kier alpha value is -1.15. The number of nitrogens with zero attached hydrogens (tertiary/aromatic N) is 1.